The van der Waals surface area contributed by atoms with Crippen molar-refractivity contribution >= 4 is 17.4 Å². The maximum Gasteiger partial charge on any atom is 0.339 e. The van der Waals surface area contributed by atoms with Gasteiger partial charge in [-0.3, -0.25) is 4.79 Å². The lowest BCUT2D eigenvalue weighted by Gasteiger charge is -2.33. The number of Topliss-reactive ketones (excluding diaryl/α,β-unsaturated/α-hetero) is 1. The minimum atomic E-state index is -0.731. The number of carbonyl (C=O) groups excluding carboxylic acids is 2. The highest BCUT2D eigenvalue weighted by molar-refractivity contribution is 6.14. The van der Waals surface area contributed by atoms with Crippen LogP contribution in [0.5, 0.6) is 0 Å². The third-order valence-electron chi connectivity index (χ3n) is 4.95. The molecule has 0 fully saturated rings. The maximum atomic E-state index is 14.3. The molecule has 7 heteroatoms. The Kier molecular flexibility index (Phi) is 4.88. The summed E-state index contributed by atoms with van der Waals surface area (Å²) >= 11 is 0. The van der Waals surface area contributed by atoms with Crippen molar-refractivity contribution in [3.63, 3.8) is 0 Å². The number of esters is 1. The van der Waals surface area contributed by atoms with Crippen LogP contribution in [0.2, 0.25) is 0 Å². The molecule has 1 aliphatic heterocycles. The van der Waals surface area contributed by atoms with Crippen molar-refractivity contribution in [2.24, 2.45) is 0 Å². The zero-order chi connectivity index (χ0) is 20.5. The molecular weight excluding hydrogens is 373 g/mol. The van der Waals surface area contributed by atoms with Gasteiger partial charge in [0.05, 0.1) is 23.8 Å². The first-order valence-electron chi connectivity index (χ1n) is 9.37. The largest absolute Gasteiger partial charge is 0.462 e. The monoisotopic (exact) mass is 393 g/mol. The van der Waals surface area contributed by atoms with E-state index in [0.717, 1.165) is 17.3 Å². The van der Waals surface area contributed by atoms with Crippen molar-refractivity contribution < 1.29 is 18.7 Å². The fraction of sp³-hybridized carbons (Fsp3) is 0.227. The number of nitrogens with zero attached hydrogens (tertiary/aromatic N) is 1. The molecule has 0 amide bonds. The van der Waals surface area contributed by atoms with Gasteiger partial charge in [-0.2, -0.15) is 0 Å². The number of halogens is 1. The molecule has 29 heavy (non-hydrogen) atoms. The second kappa shape index (κ2) is 7.50. The lowest BCUT2D eigenvalue weighted by Crippen LogP contribution is -2.34. The number of ether oxygens (including phenoxy) is 1. The van der Waals surface area contributed by atoms with Crippen molar-refractivity contribution in [1.29, 1.82) is 0 Å². The molecule has 0 saturated carbocycles. The van der Waals surface area contributed by atoms with Crippen molar-refractivity contribution in [3.8, 4) is 0 Å². The van der Waals surface area contributed by atoms with Gasteiger partial charge in [-0.25, -0.2) is 14.2 Å². The number of aromatic amines is 1. The number of carbonyl (C=O) groups is 2. The molecule has 148 valence electrons. The summed E-state index contributed by atoms with van der Waals surface area (Å²) < 4.78 is 19.3. The van der Waals surface area contributed by atoms with Crippen LogP contribution in [0.15, 0.2) is 48.7 Å². The molecule has 0 radical (unpaired) electrons. The number of hydrogen-bond donors (Lipinski definition) is 2. The van der Waals surface area contributed by atoms with E-state index in [0.29, 0.717) is 5.82 Å². The molecule has 0 aliphatic carbocycles. The van der Waals surface area contributed by atoms with Crippen LogP contribution in [0.1, 0.15) is 56.7 Å². The lowest BCUT2D eigenvalue weighted by molar-refractivity contribution is 0.0521. The first-order valence-corrected chi connectivity index (χ1v) is 9.37. The van der Waals surface area contributed by atoms with Crippen LogP contribution in [0.3, 0.4) is 0 Å². The number of fused-ring (bicyclic) bond motifs is 1. The summed E-state index contributed by atoms with van der Waals surface area (Å²) in [5, 5.41) is 3.25. The van der Waals surface area contributed by atoms with Crippen molar-refractivity contribution in [3.05, 3.63) is 82.7 Å². The van der Waals surface area contributed by atoms with Crippen molar-refractivity contribution in [1.82, 2.24) is 9.97 Å². The zero-order valence-electron chi connectivity index (χ0n) is 16.0. The Labute approximate surface area is 167 Å². The van der Waals surface area contributed by atoms with Crippen LogP contribution in [-0.2, 0) is 4.74 Å². The molecule has 3 aromatic rings. The molecule has 4 rings (SSSR count). The van der Waals surface area contributed by atoms with Gasteiger partial charge in [0, 0.05) is 17.6 Å². The topological polar surface area (TPSA) is 84.1 Å². The fourth-order valence-electron chi connectivity index (χ4n) is 3.72. The van der Waals surface area contributed by atoms with E-state index in [2.05, 4.69) is 15.3 Å². The Hall–Kier alpha value is -3.48. The minimum Gasteiger partial charge on any atom is -0.462 e. The van der Waals surface area contributed by atoms with Crippen molar-refractivity contribution in [2.45, 2.75) is 25.8 Å². The molecule has 0 saturated heterocycles. The predicted molar refractivity (Wildman–Crippen MR) is 106 cm³/mol. The molecule has 1 aromatic heterocycles. The van der Waals surface area contributed by atoms with E-state index in [-0.39, 0.29) is 29.2 Å². The van der Waals surface area contributed by atoms with E-state index >= 15 is 0 Å². The molecule has 2 unspecified atom stereocenters. The maximum absolute atomic E-state index is 14.3. The smallest absolute Gasteiger partial charge is 0.339 e. The highest BCUT2D eigenvalue weighted by atomic mass is 19.1. The lowest BCUT2D eigenvalue weighted by atomic mass is 9.80. The highest BCUT2D eigenvalue weighted by Crippen LogP contribution is 2.43. The van der Waals surface area contributed by atoms with Gasteiger partial charge in [-0.05, 0) is 31.5 Å². The van der Waals surface area contributed by atoms with E-state index in [1.54, 1.807) is 13.1 Å². The van der Waals surface area contributed by atoms with Crippen LogP contribution in [0.4, 0.5) is 10.1 Å². The summed E-state index contributed by atoms with van der Waals surface area (Å²) in [6.07, 6.45) is 1.65. The van der Waals surface area contributed by atoms with E-state index in [1.807, 2.05) is 37.3 Å². The van der Waals surface area contributed by atoms with Gasteiger partial charge in [-0.15, -0.1) is 0 Å². The standard InChI is InChI=1S/C22H20FN3O3/c1-3-29-22(28)15-9-14(23)10-16-17(15)20(27)18(21-24-11-12(2)25-21)19(26-16)13-7-5-4-6-8-13/h4-11,18-19,26H,3H2,1-2H3,(H,24,25). The fourth-order valence-corrected chi connectivity index (χ4v) is 3.72. The highest BCUT2D eigenvalue weighted by Gasteiger charge is 2.41. The van der Waals surface area contributed by atoms with E-state index in [1.165, 1.54) is 6.07 Å². The molecule has 1 aliphatic rings. The number of rotatable bonds is 4. The number of hydrogen-bond acceptors (Lipinski definition) is 5. The second-order valence-corrected chi connectivity index (χ2v) is 6.92. The first-order chi connectivity index (χ1) is 14.0. The summed E-state index contributed by atoms with van der Waals surface area (Å²) in [5.41, 5.74) is 1.98. The van der Waals surface area contributed by atoms with Crippen LogP contribution >= 0.6 is 0 Å². The van der Waals surface area contributed by atoms with E-state index < -0.39 is 23.7 Å². The summed E-state index contributed by atoms with van der Waals surface area (Å²) in [5.74, 6) is -1.89. The molecule has 2 heterocycles. The van der Waals surface area contributed by atoms with Gasteiger partial charge in [0.15, 0.2) is 5.78 Å². The normalized spacial score (nSPS) is 18.1. The van der Waals surface area contributed by atoms with Crippen LogP contribution in [0.25, 0.3) is 0 Å². The quantitative estimate of drug-likeness (QED) is 0.650. The second-order valence-electron chi connectivity index (χ2n) is 6.92. The van der Waals surface area contributed by atoms with Gasteiger partial charge >= 0.3 is 5.97 Å². The third kappa shape index (κ3) is 3.40. The number of H-pyrrole nitrogens is 1. The number of anilines is 1. The van der Waals surface area contributed by atoms with Gasteiger partial charge < -0.3 is 15.0 Å². The Morgan fingerprint density at radius 3 is 2.66 bits per heavy atom. The third-order valence-corrected chi connectivity index (χ3v) is 4.95. The molecular formula is C22H20FN3O3. The van der Waals surface area contributed by atoms with Crippen LogP contribution in [-0.4, -0.2) is 28.3 Å². The molecule has 2 aromatic carbocycles. The SMILES string of the molecule is CCOC(=O)c1cc(F)cc2c1C(=O)C(c1ncc(C)[nH]1)C(c1ccccc1)N2. The number of aryl methyl sites for hydroxylation is 1. The summed E-state index contributed by atoms with van der Waals surface area (Å²) in [6, 6.07) is 11.2. The Balaban J connectivity index is 1.90. The number of nitrogens with one attached hydrogen (secondary N) is 2. The Morgan fingerprint density at radius 1 is 1.24 bits per heavy atom. The number of ketones is 1. The number of benzene rings is 2. The minimum absolute atomic E-state index is 0.0841. The van der Waals surface area contributed by atoms with Crippen LogP contribution < -0.4 is 5.32 Å². The van der Waals surface area contributed by atoms with Gasteiger partial charge in [0.25, 0.3) is 0 Å². The number of aromatic nitrogens is 2. The predicted octanol–water partition coefficient (Wildman–Crippen LogP) is 4.17. The van der Waals surface area contributed by atoms with Gasteiger partial charge in [0.2, 0.25) is 0 Å². The average molecular weight is 393 g/mol. The summed E-state index contributed by atoms with van der Waals surface area (Å²) in [6.45, 7) is 3.63. The average Bonchev–Trinajstić information content (AvgIpc) is 3.13. The molecule has 0 bridgehead atoms. The molecule has 0 spiro atoms. The first kappa shape index (κ1) is 18.9. The van der Waals surface area contributed by atoms with Gasteiger partial charge in [-0.1, -0.05) is 30.3 Å². The van der Waals surface area contributed by atoms with Crippen molar-refractivity contribution in [2.75, 3.05) is 11.9 Å². The summed E-state index contributed by atoms with van der Waals surface area (Å²) in [7, 11) is 0. The van der Waals surface area contributed by atoms with Crippen LogP contribution in [0, 0.1) is 12.7 Å². The molecule has 2 N–H and O–H groups in total. The zero-order valence-corrected chi connectivity index (χ0v) is 16.0. The number of imidazole rings is 1. The van der Waals surface area contributed by atoms with E-state index in [4.69, 9.17) is 4.74 Å². The molecule has 2 atom stereocenters. The van der Waals surface area contributed by atoms with Gasteiger partial charge in [0.1, 0.15) is 17.6 Å². The molecule has 6 nitrogen and oxygen atoms in total. The summed E-state index contributed by atoms with van der Waals surface area (Å²) in [4.78, 5) is 33.5. The van der Waals surface area contributed by atoms with E-state index in [9.17, 15) is 14.0 Å². The Bertz CT molecular complexity index is 1080. The Morgan fingerprint density at radius 2 is 2.00 bits per heavy atom.